The van der Waals surface area contributed by atoms with Gasteiger partial charge < -0.3 is 10.6 Å². The Bertz CT molecular complexity index is 215. The van der Waals surface area contributed by atoms with Crippen LogP contribution < -0.4 is 10.6 Å². The average molecular weight is 196 g/mol. The summed E-state index contributed by atoms with van der Waals surface area (Å²) in [4.78, 5) is 11.2. The summed E-state index contributed by atoms with van der Waals surface area (Å²) in [6.07, 6.45) is 1.76. The maximum atomic E-state index is 11.2. The average Bonchev–Trinajstić information content (AvgIpc) is 2.21. The maximum Gasteiger partial charge on any atom is 0.233 e. The van der Waals surface area contributed by atoms with Crippen LogP contribution >= 0.6 is 0 Å². The summed E-state index contributed by atoms with van der Waals surface area (Å²) in [6, 6.07) is 0.399. The van der Waals surface area contributed by atoms with E-state index >= 15 is 0 Å². The zero-order valence-electron chi connectivity index (χ0n) is 9.31. The lowest BCUT2D eigenvalue weighted by Gasteiger charge is -2.10. The van der Waals surface area contributed by atoms with Crippen LogP contribution in [0.4, 0.5) is 0 Å². The monoisotopic (exact) mass is 196 g/mol. The number of carbonyl (C=O) groups is 1. The molecule has 3 nitrogen and oxygen atoms in total. The number of hydrogen-bond donors (Lipinski definition) is 2. The second-order valence-corrected chi connectivity index (χ2v) is 3.22. The Morgan fingerprint density at radius 3 is 2.79 bits per heavy atom. The molecule has 0 fully saturated rings. The van der Waals surface area contributed by atoms with Gasteiger partial charge in [0, 0.05) is 19.0 Å². The van der Waals surface area contributed by atoms with Gasteiger partial charge in [0.1, 0.15) is 0 Å². The summed E-state index contributed by atoms with van der Waals surface area (Å²) >= 11 is 0. The van der Waals surface area contributed by atoms with Crippen LogP contribution in [0.15, 0.2) is 0 Å². The molecule has 0 rings (SSSR count). The molecular weight excluding hydrogens is 176 g/mol. The molecule has 1 atom stereocenters. The van der Waals surface area contributed by atoms with Crippen LogP contribution in [0.3, 0.4) is 0 Å². The molecule has 0 saturated carbocycles. The van der Waals surface area contributed by atoms with Gasteiger partial charge in [-0.3, -0.25) is 4.79 Å². The van der Waals surface area contributed by atoms with E-state index in [2.05, 4.69) is 36.3 Å². The summed E-state index contributed by atoms with van der Waals surface area (Å²) in [5.74, 6) is 5.72. The van der Waals surface area contributed by atoms with Crippen molar-refractivity contribution in [2.75, 3.05) is 13.1 Å². The maximum absolute atomic E-state index is 11.2. The Morgan fingerprint density at radius 2 is 2.21 bits per heavy atom. The van der Waals surface area contributed by atoms with E-state index < -0.39 is 0 Å². The quantitative estimate of drug-likeness (QED) is 0.489. The largest absolute Gasteiger partial charge is 0.354 e. The van der Waals surface area contributed by atoms with Crippen molar-refractivity contribution in [2.24, 2.45) is 0 Å². The highest BCUT2D eigenvalue weighted by Crippen LogP contribution is 1.85. The summed E-state index contributed by atoms with van der Waals surface area (Å²) in [7, 11) is 0. The van der Waals surface area contributed by atoms with Gasteiger partial charge in [0.15, 0.2) is 0 Å². The fourth-order valence-electron chi connectivity index (χ4n) is 0.863. The van der Waals surface area contributed by atoms with Crippen LogP contribution in [0.25, 0.3) is 0 Å². The Morgan fingerprint density at radius 1 is 1.50 bits per heavy atom. The molecule has 3 heteroatoms. The molecule has 1 amide bonds. The first-order valence-corrected chi connectivity index (χ1v) is 5.10. The SMILES string of the molecule is CC#CCCNC(=O)CNC(C)CC. The van der Waals surface area contributed by atoms with E-state index in [0.29, 0.717) is 19.1 Å². The van der Waals surface area contributed by atoms with Crippen molar-refractivity contribution in [1.29, 1.82) is 0 Å². The number of hydrogen-bond acceptors (Lipinski definition) is 2. The molecule has 0 aliphatic heterocycles. The van der Waals surface area contributed by atoms with Crippen molar-refractivity contribution in [3.05, 3.63) is 0 Å². The van der Waals surface area contributed by atoms with Crippen molar-refractivity contribution in [3.8, 4) is 11.8 Å². The van der Waals surface area contributed by atoms with Gasteiger partial charge in [0.25, 0.3) is 0 Å². The third-order valence-corrected chi connectivity index (χ3v) is 1.97. The van der Waals surface area contributed by atoms with E-state index in [1.165, 1.54) is 0 Å². The van der Waals surface area contributed by atoms with Crippen LogP contribution in [0.1, 0.15) is 33.6 Å². The van der Waals surface area contributed by atoms with Gasteiger partial charge >= 0.3 is 0 Å². The first-order chi connectivity index (χ1) is 6.70. The highest BCUT2D eigenvalue weighted by atomic mass is 16.1. The molecule has 0 aromatic carbocycles. The van der Waals surface area contributed by atoms with E-state index in [4.69, 9.17) is 0 Å². The lowest BCUT2D eigenvalue weighted by Crippen LogP contribution is -2.38. The van der Waals surface area contributed by atoms with E-state index in [9.17, 15) is 4.79 Å². The van der Waals surface area contributed by atoms with Crippen molar-refractivity contribution < 1.29 is 4.79 Å². The van der Waals surface area contributed by atoms with Crippen molar-refractivity contribution in [2.45, 2.75) is 39.7 Å². The van der Waals surface area contributed by atoms with E-state index in [-0.39, 0.29) is 5.91 Å². The zero-order chi connectivity index (χ0) is 10.8. The lowest BCUT2D eigenvalue weighted by molar-refractivity contribution is -0.120. The topological polar surface area (TPSA) is 41.1 Å². The van der Waals surface area contributed by atoms with E-state index in [1.807, 2.05) is 0 Å². The third kappa shape index (κ3) is 7.63. The molecule has 0 heterocycles. The van der Waals surface area contributed by atoms with Crippen LogP contribution in [0, 0.1) is 11.8 Å². The van der Waals surface area contributed by atoms with Gasteiger partial charge in [0.05, 0.1) is 6.54 Å². The molecule has 0 bridgehead atoms. The molecule has 0 aromatic heterocycles. The minimum absolute atomic E-state index is 0.0446. The second-order valence-electron chi connectivity index (χ2n) is 3.22. The molecule has 80 valence electrons. The van der Waals surface area contributed by atoms with Gasteiger partial charge in [-0.1, -0.05) is 6.92 Å². The first-order valence-electron chi connectivity index (χ1n) is 5.10. The van der Waals surface area contributed by atoms with E-state index in [0.717, 1.165) is 12.8 Å². The highest BCUT2D eigenvalue weighted by molar-refractivity contribution is 5.77. The fraction of sp³-hybridized carbons (Fsp3) is 0.727. The Kier molecular flexibility index (Phi) is 7.96. The number of carbonyl (C=O) groups excluding carboxylic acids is 1. The number of nitrogens with one attached hydrogen (secondary N) is 2. The van der Waals surface area contributed by atoms with Gasteiger partial charge in [-0.05, 0) is 20.3 Å². The molecular formula is C11H20N2O. The highest BCUT2D eigenvalue weighted by Gasteiger charge is 2.01. The molecule has 0 aliphatic rings. The standard InChI is InChI=1S/C11H20N2O/c1-4-6-7-8-12-11(14)9-13-10(3)5-2/h10,13H,5,7-9H2,1-3H3,(H,12,14). The first kappa shape index (κ1) is 13.0. The van der Waals surface area contributed by atoms with Crippen LogP contribution in [0.5, 0.6) is 0 Å². The Balaban J connectivity index is 3.40. The fourth-order valence-corrected chi connectivity index (χ4v) is 0.863. The van der Waals surface area contributed by atoms with Crippen LogP contribution in [-0.4, -0.2) is 25.0 Å². The Labute approximate surface area is 86.6 Å². The molecule has 0 aliphatic carbocycles. The van der Waals surface area contributed by atoms with Crippen LogP contribution in [0.2, 0.25) is 0 Å². The summed E-state index contributed by atoms with van der Waals surface area (Å²) < 4.78 is 0. The number of rotatable bonds is 6. The van der Waals surface area contributed by atoms with Crippen molar-refractivity contribution in [1.82, 2.24) is 10.6 Å². The molecule has 0 spiro atoms. The van der Waals surface area contributed by atoms with E-state index in [1.54, 1.807) is 6.92 Å². The van der Waals surface area contributed by atoms with Crippen LogP contribution in [-0.2, 0) is 4.79 Å². The molecule has 0 radical (unpaired) electrons. The predicted molar refractivity (Wildman–Crippen MR) is 58.8 cm³/mol. The molecule has 1 unspecified atom stereocenters. The smallest absolute Gasteiger partial charge is 0.233 e. The Hall–Kier alpha value is -1.01. The van der Waals surface area contributed by atoms with Gasteiger partial charge in [-0.25, -0.2) is 0 Å². The van der Waals surface area contributed by atoms with Crippen molar-refractivity contribution in [3.63, 3.8) is 0 Å². The van der Waals surface area contributed by atoms with Gasteiger partial charge in [-0.15, -0.1) is 11.8 Å². The predicted octanol–water partition coefficient (Wildman–Crippen LogP) is 0.904. The summed E-state index contributed by atoms with van der Waals surface area (Å²) in [5, 5.41) is 5.92. The normalized spacial score (nSPS) is 11.4. The third-order valence-electron chi connectivity index (χ3n) is 1.97. The number of amides is 1. The van der Waals surface area contributed by atoms with Gasteiger partial charge in [0.2, 0.25) is 5.91 Å². The zero-order valence-corrected chi connectivity index (χ0v) is 9.31. The molecule has 0 aromatic rings. The van der Waals surface area contributed by atoms with Gasteiger partial charge in [-0.2, -0.15) is 0 Å². The molecule has 0 saturated heterocycles. The summed E-state index contributed by atoms with van der Waals surface area (Å²) in [5.41, 5.74) is 0. The molecule has 2 N–H and O–H groups in total. The molecule has 14 heavy (non-hydrogen) atoms. The summed E-state index contributed by atoms with van der Waals surface area (Å²) in [6.45, 7) is 6.99. The lowest BCUT2D eigenvalue weighted by atomic mass is 10.2. The van der Waals surface area contributed by atoms with Crippen molar-refractivity contribution >= 4 is 5.91 Å². The minimum Gasteiger partial charge on any atom is -0.354 e. The second kappa shape index (κ2) is 8.58. The minimum atomic E-state index is 0.0446.